The maximum atomic E-state index is 3.49. The summed E-state index contributed by atoms with van der Waals surface area (Å²) in [7, 11) is 2.19. The highest BCUT2D eigenvalue weighted by molar-refractivity contribution is 7.99. The van der Waals surface area contributed by atoms with Crippen molar-refractivity contribution in [3.8, 4) is 0 Å². The van der Waals surface area contributed by atoms with Crippen LogP contribution in [0.25, 0.3) is 0 Å². The molecule has 1 aromatic carbocycles. The lowest BCUT2D eigenvalue weighted by Gasteiger charge is -2.16. The normalized spacial score (nSPS) is 11.1. The summed E-state index contributed by atoms with van der Waals surface area (Å²) >= 11 is 2.00. The molecule has 1 aromatic rings. The standard InChI is InChI=1S/C15H26N2S/c1-3-18-13-11-16-10-7-12-17(2)14-15-8-5-4-6-9-15/h4-6,8-9,16H,3,7,10-14H2,1-2H3. The van der Waals surface area contributed by atoms with Gasteiger partial charge < -0.3 is 10.2 Å². The second kappa shape index (κ2) is 10.4. The zero-order chi connectivity index (χ0) is 13.1. The SMILES string of the molecule is CCSCCNCCCN(C)Cc1ccccc1. The minimum atomic E-state index is 1.05. The fraction of sp³-hybridized carbons (Fsp3) is 0.600. The van der Waals surface area contributed by atoms with Crippen LogP contribution in [-0.4, -0.2) is 43.1 Å². The molecular weight excluding hydrogens is 240 g/mol. The van der Waals surface area contributed by atoms with E-state index in [-0.39, 0.29) is 0 Å². The molecule has 2 nitrogen and oxygen atoms in total. The van der Waals surface area contributed by atoms with Gasteiger partial charge in [0, 0.05) is 18.8 Å². The van der Waals surface area contributed by atoms with E-state index >= 15 is 0 Å². The molecule has 18 heavy (non-hydrogen) atoms. The third-order valence-corrected chi connectivity index (χ3v) is 3.72. The molecule has 0 aliphatic rings. The van der Waals surface area contributed by atoms with Gasteiger partial charge in [0.2, 0.25) is 0 Å². The van der Waals surface area contributed by atoms with Gasteiger partial charge in [0.15, 0.2) is 0 Å². The predicted molar refractivity (Wildman–Crippen MR) is 83.3 cm³/mol. The number of rotatable bonds is 10. The van der Waals surface area contributed by atoms with Crippen molar-refractivity contribution in [2.24, 2.45) is 0 Å². The molecule has 0 aliphatic carbocycles. The molecule has 1 N–H and O–H groups in total. The molecule has 0 aromatic heterocycles. The van der Waals surface area contributed by atoms with Crippen LogP contribution in [0.2, 0.25) is 0 Å². The van der Waals surface area contributed by atoms with Gasteiger partial charge in [-0.05, 0) is 37.9 Å². The van der Waals surface area contributed by atoms with Crippen LogP contribution in [0, 0.1) is 0 Å². The van der Waals surface area contributed by atoms with Gasteiger partial charge in [-0.25, -0.2) is 0 Å². The minimum Gasteiger partial charge on any atom is -0.316 e. The molecule has 0 aliphatic heterocycles. The second-order valence-electron chi connectivity index (χ2n) is 4.52. The van der Waals surface area contributed by atoms with Crippen molar-refractivity contribution >= 4 is 11.8 Å². The summed E-state index contributed by atoms with van der Waals surface area (Å²) in [5.41, 5.74) is 1.40. The van der Waals surface area contributed by atoms with Gasteiger partial charge in [0.1, 0.15) is 0 Å². The molecule has 3 heteroatoms. The maximum Gasteiger partial charge on any atom is 0.0230 e. The molecule has 0 radical (unpaired) electrons. The predicted octanol–water partition coefficient (Wildman–Crippen LogP) is 2.85. The lowest BCUT2D eigenvalue weighted by molar-refractivity contribution is 0.320. The highest BCUT2D eigenvalue weighted by Crippen LogP contribution is 2.02. The minimum absolute atomic E-state index is 1.05. The van der Waals surface area contributed by atoms with Gasteiger partial charge in [0.05, 0.1) is 0 Å². The van der Waals surface area contributed by atoms with Crippen molar-refractivity contribution in [1.82, 2.24) is 10.2 Å². The molecule has 0 bridgehead atoms. The fourth-order valence-electron chi connectivity index (χ4n) is 1.86. The highest BCUT2D eigenvalue weighted by atomic mass is 32.2. The summed E-state index contributed by atoms with van der Waals surface area (Å²) in [6.45, 7) is 6.68. The first kappa shape index (κ1) is 15.5. The quantitative estimate of drug-likeness (QED) is 0.656. The molecule has 0 fully saturated rings. The Morgan fingerprint density at radius 2 is 1.94 bits per heavy atom. The molecule has 0 atom stereocenters. The van der Waals surface area contributed by atoms with Crippen molar-refractivity contribution in [2.75, 3.05) is 38.2 Å². The Morgan fingerprint density at radius 3 is 2.67 bits per heavy atom. The Bertz CT molecular complexity index is 290. The van der Waals surface area contributed by atoms with Crippen molar-refractivity contribution in [3.63, 3.8) is 0 Å². The van der Waals surface area contributed by atoms with Gasteiger partial charge in [-0.2, -0.15) is 11.8 Å². The van der Waals surface area contributed by atoms with Crippen LogP contribution >= 0.6 is 11.8 Å². The van der Waals surface area contributed by atoms with Crippen molar-refractivity contribution in [1.29, 1.82) is 0 Å². The highest BCUT2D eigenvalue weighted by Gasteiger charge is 1.99. The van der Waals surface area contributed by atoms with Crippen molar-refractivity contribution < 1.29 is 0 Å². The first-order valence-corrected chi connectivity index (χ1v) is 7.99. The van der Waals surface area contributed by atoms with E-state index in [1.54, 1.807) is 0 Å². The van der Waals surface area contributed by atoms with Gasteiger partial charge in [0.25, 0.3) is 0 Å². The molecule has 0 amide bonds. The largest absolute Gasteiger partial charge is 0.316 e. The van der Waals surface area contributed by atoms with Gasteiger partial charge in [-0.1, -0.05) is 37.3 Å². The smallest absolute Gasteiger partial charge is 0.0230 e. The first-order valence-electron chi connectivity index (χ1n) is 6.84. The van der Waals surface area contributed by atoms with E-state index in [0.29, 0.717) is 0 Å². The molecular formula is C15H26N2S. The molecule has 0 heterocycles. The second-order valence-corrected chi connectivity index (χ2v) is 5.92. The molecule has 0 saturated carbocycles. The Balaban J connectivity index is 1.99. The van der Waals surface area contributed by atoms with Crippen LogP contribution < -0.4 is 5.32 Å². The number of hydrogen-bond donors (Lipinski definition) is 1. The van der Waals surface area contributed by atoms with E-state index in [0.717, 1.165) is 26.2 Å². The van der Waals surface area contributed by atoms with Crippen LogP contribution in [0.3, 0.4) is 0 Å². The topological polar surface area (TPSA) is 15.3 Å². The average molecular weight is 266 g/mol. The number of thioether (sulfide) groups is 1. The van der Waals surface area contributed by atoms with E-state index in [4.69, 9.17) is 0 Å². The van der Waals surface area contributed by atoms with Crippen LogP contribution in [0.5, 0.6) is 0 Å². The van der Waals surface area contributed by atoms with Crippen LogP contribution in [-0.2, 0) is 6.54 Å². The molecule has 0 spiro atoms. The summed E-state index contributed by atoms with van der Waals surface area (Å²) < 4.78 is 0. The Hall–Kier alpha value is -0.510. The Labute approximate surface area is 116 Å². The van der Waals surface area contributed by atoms with E-state index in [2.05, 4.69) is 54.5 Å². The third kappa shape index (κ3) is 7.75. The van der Waals surface area contributed by atoms with E-state index in [9.17, 15) is 0 Å². The van der Waals surface area contributed by atoms with Gasteiger partial charge in [-0.15, -0.1) is 0 Å². The fourth-order valence-corrected chi connectivity index (χ4v) is 2.44. The maximum absolute atomic E-state index is 3.49. The molecule has 0 saturated heterocycles. The number of hydrogen-bond acceptors (Lipinski definition) is 3. The molecule has 0 unspecified atom stereocenters. The monoisotopic (exact) mass is 266 g/mol. The Kier molecular flexibility index (Phi) is 9.00. The van der Waals surface area contributed by atoms with Gasteiger partial charge in [-0.3, -0.25) is 0 Å². The summed E-state index contributed by atoms with van der Waals surface area (Å²) in [4.78, 5) is 2.39. The zero-order valence-corrected chi connectivity index (χ0v) is 12.5. The van der Waals surface area contributed by atoms with Gasteiger partial charge >= 0.3 is 0 Å². The van der Waals surface area contributed by atoms with Crippen molar-refractivity contribution in [2.45, 2.75) is 19.9 Å². The zero-order valence-electron chi connectivity index (χ0n) is 11.7. The van der Waals surface area contributed by atoms with Crippen LogP contribution in [0.4, 0.5) is 0 Å². The lowest BCUT2D eigenvalue weighted by atomic mass is 10.2. The summed E-state index contributed by atoms with van der Waals surface area (Å²) in [5.74, 6) is 2.46. The number of nitrogens with zero attached hydrogens (tertiary/aromatic N) is 1. The summed E-state index contributed by atoms with van der Waals surface area (Å²) in [6, 6.07) is 10.7. The van der Waals surface area contributed by atoms with E-state index < -0.39 is 0 Å². The van der Waals surface area contributed by atoms with Crippen LogP contribution in [0.1, 0.15) is 18.9 Å². The lowest BCUT2D eigenvalue weighted by Crippen LogP contribution is -2.25. The summed E-state index contributed by atoms with van der Waals surface area (Å²) in [5, 5.41) is 3.49. The van der Waals surface area contributed by atoms with Crippen LogP contribution in [0.15, 0.2) is 30.3 Å². The number of benzene rings is 1. The van der Waals surface area contributed by atoms with Crippen molar-refractivity contribution in [3.05, 3.63) is 35.9 Å². The molecule has 1 rings (SSSR count). The Morgan fingerprint density at radius 1 is 1.17 bits per heavy atom. The molecule has 102 valence electrons. The number of nitrogens with one attached hydrogen (secondary N) is 1. The van der Waals surface area contributed by atoms with E-state index in [1.807, 2.05) is 11.8 Å². The first-order chi connectivity index (χ1) is 8.83. The van der Waals surface area contributed by atoms with E-state index in [1.165, 1.54) is 23.5 Å². The third-order valence-electron chi connectivity index (χ3n) is 2.82. The average Bonchev–Trinajstić information content (AvgIpc) is 2.39. The summed E-state index contributed by atoms with van der Waals surface area (Å²) in [6.07, 6.45) is 1.22.